The van der Waals surface area contributed by atoms with Crippen molar-refractivity contribution in [3.8, 4) is 44.5 Å². The summed E-state index contributed by atoms with van der Waals surface area (Å²) in [6.45, 7) is 9.98. The number of fused-ring (bicyclic) bond motifs is 7. The van der Waals surface area contributed by atoms with Crippen LogP contribution in [0.2, 0.25) is 26.2 Å². The molecule has 2 heterocycles. The van der Waals surface area contributed by atoms with Gasteiger partial charge in [-0.1, -0.05) is 166 Å². The average molecular weight is 712 g/mol. The van der Waals surface area contributed by atoms with E-state index in [1.54, 1.807) is 10.4 Å². The van der Waals surface area contributed by atoms with E-state index in [1.807, 2.05) is 0 Å². The highest BCUT2D eigenvalue weighted by Crippen LogP contribution is 2.40. The maximum absolute atomic E-state index is 2.50. The molecule has 0 N–H and O–H groups in total. The molecular weight excluding hydrogens is 671 g/mol. The van der Waals surface area contributed by atoms with Gasteiger partial charge in [-0.15, -0.1) is 0 Å². The van der Waals surface area contributed by atoms with E-state index in [0.29, 0.717) is 0 Å². The van der Waals surface area contributed by atoms with E-state index in [-0.39, 0.29) is 0 Å². The summed E-state index contributed by atoms with van der Waals surface area (Å²) in [7, 11) is -3.62. The Morgan fingerprint density at radius 1 is 0.321 bits per heavy atom. The van der Waals surface area contributed by atoms with E-state index in [0.717, 1.165) is 11.4 Å². The zero-order valence-electron chi connectivity index (χ0n) is 30.7. The van der Waals surface area contributed by atoms with Crippen LogP contribution >= 0.6 is 0 Å². The summed E-state index contributed by atoms with van der Waals surface area (Å²) in [6, 6.07) is 66.1. The lowest BCUT2D eigenvalue weighted by Crippen LogP contribution is -2.49. The number of nitrogens with zero attached hydrogens (tertiary/aromatic N) is 1. The van der Waals surface area contributed by atoms with Crippen molar-refractivity contribution >= 4 is 64.7 Å². The summed E-state index contributed by atoms with van der Waals surface area (Å²) in [5.41, 5.74) is 14.2. The molecule has 254 valence electrons. The molecular formula is C50H41NSi2. The van der Waals surface area contributed by atoms with Crippen molar-refractivity contribution in [2.45, 2.75) is 26.2 Å². The van der Waals surface area contributed by atoms with Gasteiger partial charge in [-0.05, 0) is 112 Å². The summed E-state index contributed by atoms with van der Waals surface area (Å²) >= 11 is 0. The summed E-state index contributed by atoms with van der Waals surface area (Å²) in [5.74, 6) is 0. The molecule has 0 saturated heterocycles. The fourth-order valence-electron chi connectivity index (χ4n) is 9.23. The molecule has 0 saturated carbocycles. The largest absolute Gasteiger partial charge is 0.311 e. The molecule has 0 radical (unpaired) electrons. The highest BCUT2D eigenvalue weighted by atomic mass is 28.3. The molecule has 8 aromatic rings. The summed E-state index contributed by atoms with van der Waals surface area (Å²) in [5, 5.41) is 8.68. The first-order valence-electron chi connectivity index (χ1n) is 18.8. The highest BCUT2D eigenvalue weighted by Gasteiger charge is 2.38. The molecule has 8 aromatic carbocycles. The van der Waals surface area contributed by atoms with Gasteiger partial charge in [0.05, 0.1) is 0 Å². The van der Waals surface area contributed by atoms with Crippen LogP contribution in [-0.4, -0.2) is 16.1 Å². The maximum atomic E-state index is 2.50. The number of benzene rings is 8. The zero-order chi connectivity index (χ0) is 35.9. The third-order valence-electron chi connectivity index (χ3n) is 12.1. The molecule has 0 spiro atoms. The van der Waals surface area contributed by atoms with E-state index in [1.165, 1.54) is 71.3 Å². The van der Waals surface area contributed by atoms with Crippen molar-refractivity contribution in [1.29, 1.82) is 0 Å². The Morgan fingerprint density at radius 2 is 0.774 bits per heavy atom. The van der Waals surface area contributed by atoms with Crippen LogP contribution in [0.25, 0.3) is 55.3 Å². The third kappa shape index (κ3) is 4.95. The summed E-state index contributed by atoms with van der Waals surface area (Å²) in [4.78, 5) is 2.44. The van der Waals surface area contributed by atoms with Crippen LogP contribution in [0.3, 0.4) is 0 Å². The van der Waals surface area contributed by atoms with Crippen molar-refractivity contribution in [3.63, 3.8) is 0 Å². The van der Waals surface area contributed by atoms with Crippen LogP contribution in [0.1, 0.15) is 0 Å². The Morgan fingerprint density at radius 3 is 1.43 bits per heavy atom. The van der Waals surface area contributed by atoms with Gasteiger partial charge >= 0.3 is 0 Å². The molecule has 0 atom stereocenters. The Balaban J connectivity index is 1.06. The molecule has 10 rings (SSSR count). The van der Waals surface area contributed by atoms with Gasteiger partial charge in [0.1, 0.15) is 16.1 Å². The predicted molar refractivity (Wildman–Crippen MR) is 234 cm³/mol. The molecule has 0 aromatic heterocycles. The molecule has 3 heteroatoms. The summed E-state index contributed by atoms with van der Waals surface area (Å²) < 4.78 is 0. The van der Waals surface area contributed by atoms with Crippen LogP contribution in [-0.2, 0) is 0 Å². The first-order chi connectivity index (χ1) is 25.8. The molecule has 1 nitrogen and oxygen atoms in total. The molecule has 2 aliphatic rings. The van der Waals surface area contributed by atoms with Crippen molar-refractivity contribution in [3.05, 3.63) is 176 Å². The molecule has 53 heavy (non-hydrogen) atoms. The predicted octanol–water partition coefficient (Wildman–Crippen LogP) is 11.2. The van der Waals surface area contributed by atoms with E-state index >= 15 is 0 Å². The van der Waals surface area contributed by atoms with Gasteiger partial charge in [0.25, 0.3) is 0 Å². The van der Waals surface area contributed by atoms with E-state index in [2.05, 4.69) is 207 Å². The Labute approximate surface area is 314 Å². The minimum atomic E-state index is -1.86. The van der Waals surface area contributed by atoms with Crippen LogP contribution in [0.5, 0.6) is 0 Å². The zero-order valence-corrected chi connectivity index (χ0v) is 32.7. The third-order valence-corrected chi connectivity index (χ3v) is 19.2. The van der Waals surface area contributed by atoms with E-state index in [4.69, 9.17) is 0 Å². The van der Waals surface area contributed by atoms with Gasteiger partial charge in [0.15, 0.2) is 0 Å². The lowest BCUT2D eigenvalue weighted by molar-refractivity contribution is 1.29. The molecule has 0 bridgehead atoms. The standard InChI is InChI=1S/C50H41NSi2/c1-52(2)47-18-9-7-15-43(47)45-30-24-37(32-49(45)52)34-20-25-38(26-21-34)51(40-29-31-46-44-16-8-10-19-48(44)53(3,4)50(46)33-40)39-27-22-36(23-28-39)42-17-11-13-35-12-5-6-14-41(35)42/h5-33H,1-4H3. The summed E-state index contributed by atoms with van der Waals surface area (Å²) in [6.07, 6.45) is 0. The molecule has 2 aliphatic heterocycles. The molecule has 0 fully saturated rings. The lowest BCUT2D eigenvalue weighted by atomic mass is 9.98. The van der Waals surface area contributed by atoms with Gasteiger partial charge in [-0.2, -0.15) is 0 Å². The molecule has 0 aliphatic carbocycles. The fraction of sp³-hybridized carbons (Fsp3) is 0.0800. The monoisotopic (exact) mass is 711 g/mol. The minimum Gasteiger partial charge on any atom is -0.311 e. The maximum Gasteiger partial charge on any atom is 0.113 e. The van der Waals surface area contributed by atoms with Crippen LogP contribution in [0, 0.1) is 0 Å². The van der Waals surface area contributed by atoms with Crippen molar-refractivity contribution in [2.24, 2.45) is 0 Å². The number of anilines is 3. The fourth-order valence-corrected chi connectivity index (χ4v) is 15.4. The average Bonchev–Trinajstić information content (AvgIpc) is 3.57. The molecule has 0 unspecified atom stereocenters. The Kier molecular flexibility index (Phi) is 7.17. The Hall–Kier alpha value is -5.75. The number of hydrogen-bond acceptors (Lipinski definition) is 1. The number of rotatable bonds is 5. The quantitative estimate of drug-likeness (QED) is 0.161. The smallest absolute Gasteiger partial charge is 0.113 e. The van der Waals surface area contributed by atoms with Crippen molar-refractivity contribution in [2.75, 3.05) is 4.90 Å². The number of hydrogen-bond donors (Lipinski definition) is 0. The second-order valence-corrected chi connectivity index (χ2v) is 24.4. The lowest BCUT2D eigenvalue weighted by Gasteiger charge is -2.28. The second kappa shape index (κ2) is 11.9. The van der Waals surface area contributed by atoms with Crippen LogP contribution < -0.4 is 25.6 Å². The van der Waals surface area contributed by atoms with Crippen molar-refractivity contribution in [1.82, 2.24) is 0 Å². The van der Waals surface area contributed by atoms with Gasteiger partial charge in [0, 0.05) is 17.1 Å². The van der Waals surface area contributed by atoms with Gasteiger partial charge in [0.2, 0.25) is 0 Å². The normalized spacial score (nSPS) is 14.3. The van der Waals surface area contributed by atoms with Crippen LogP contribution in [0.15, 0.2) is 176 Å². The highest BCUT2D eigenvalue weighted by molar-refractivity contribution is 7.04. The van der Waals surface area contributed by atoms with Crippen molar-refractivity contribution < 1.29 is 0 Å². The molecule has 0 amide bonds. The topological polar surface area (TPSA) is 3.24 Å². The van der Waals surface area contributed by atoms with Gasteiger partial charge in [-0.3, -0.25) is 0 Å². The SMILES string of the molecule is C[Si]1(C)c2ccccc2-c2ccc(-c3ccc(N(c4ccc(-c5cccc6ccccc56)cc4)c4ccc5c(c4)[Si](C)(C)c4ccccc4-5)cc3)cc21. The van der Waals surface area contributed by atoms with Gasteiger partial charge in [-0.25, -0.2) is 0 Å². The first kappa shape index (κ1) is 31.9. The van der Waals surface area contributed by atoms with Gasteiger partial charge < -0.3 is 4.90 Å². The Bertz CT molecular complexity index is 2720. The van der Waals surface area contributed by atoms with Crippen LogP contribution in [0.4, 0.5) is 17.1 Å². The van der Waals surface area contributed by atoms with E-state index in [9.17, 15) is 0 Å². The first-order valence-corrected chi connectivity index (χ1v) is 24.8. The van der Waals surface area contributed by atoms with E-state index < -0.39 is 16.1 Å². The minimum absolute atomic E-state index is 1.15. The second-order valence-electron chi connectivity index (χ2n) is 15.8.